The Morgan fingerprint density at radius 1 is 0.566 bits per heavy atom. The number of ether oxygens (including phenoxy) is 4. The molecule has 0 aliphatic carbocycles. The highest BCUT2D eigenvalue weighted by molar-refractivity contribution is 9.10. The van der Waals surface area contributed by atoms with Crippen molar-refractivity contribution in [2.75, 3.05) is 26.4 Å². The number of nitrogens with zero attached hydrogens (tertiary/aromatic N) is 1. The molecular weight excluding hydrogens is 750 g/mol. The molecule has 0 N–H and O–H groups in total. The summed E-state index contributed by atoms with van der Waals surface area (Å²) in [5.74, 6) is 1.84. The number of fused-ring (bicyclic) bond motifs is 4. The summed E-state index contributed by atoms with van der Waals surface area (Å²) in [5.41, 5.74) is 4.38. The van der Waals surface area contributed by atoms with Gasteiger partial charge in [0.2, 0.25) is 0 Å². The summed E-state index contributed by atoms with van der Waals surface area (Å²) in [6.45, 7) is 6.31. The van der Waals surface area contributed by atoms with Gasteiger partial charge in [-0.05, 0) is 142 Å². The van der Waals surface area contributed by atoms with Crippen molar-refractivity contribution in [1.82, 2.24) is 0 Å². The number of hydrogen-bond acceptors (Lipinski definition) is 5. The standard InChI is InChI=1S/C22H21F2NO2.C21H21BrF2O2/c1-2-3-13-4-14-7-20(24)18(9-22(14)26-11-13)17-5-15-6-19(23)16(10-25)8-21(15)27-12-17;1-2-3-12-4-13-6-18(23)16(8-20(13)25-10-12)15-5-14-7-19(24)17(22)9-21(14)26-11-15/h6-9,13,17H,2-5,11-12H2,1H3;6-9,12,15H,2-5,10-11H2,1H3. The van der Waals surface area contributed by atoms with Crippen molar-refractivity contribution < 1.29 is 36.5 Å². The van der Waals surface area contributed by atoms with Gasteiger partial charge < -0.3 is 18.9 Å². The zero-order chi connectivity index (χ0) is 37.2. The van der Waals surface area contributed by atoms with Crippen LogP contribution in [0.4, 0.5) is 17.6 Å². The first-order chi connectivity index (χ1) is 25.6. The molecule has 4 aliphatic heterocycles. The fourth-order valence-corrected chi connectivity index (χ4v) is 8.37. The van der Waals surface area contributed by atoms with Crippen molar-refractivity contribution in [1.29, 1.82) is 5.26 Å². The number of rotatable bonds is 6. The second-order valence-electron chi connectivity index (χ2n) is 14.7. The topological polar surface area (TPSA) is 60.7 Å². The quantitative estimate of drug-likeness (QED) is 0.182. The molecular formula is C43H42BrF4NO4. The molecule has 10 heteroatoms. The maximum atomic E-state index is 14.8. The lowest BCUT2D eigenvalue weighted by Gasteiger charge is -2.29. The molecule has 4 unspecified atom stereocenters. The normalized spacial score (nSPS) is 21.0. The van der Waals surface area contributed by atoms with Crippen molar-refractivity contribution in [2.45, 2.75) is 77.0 Å². The summed E-state index contributed by atoms with van der Waals surface area (Å²) in [6.07, 6.45) is 7.09. The first-order valence-corrected chi connectivity index (χ1v) is 19.3. The Morgan fingerprint density at radius 2 is 0.981 bits per heavy atom. The molecule has 0 fully saturated rings. The van der Waals surface area contributed by atoms with Gasteiger partial charge in [-0.3, -0.25) is 0 Å². The summed E-state index contributed by atoms with van der Waals surface area (Å²) >= 11 is 3.17. The lowest BCUT2D eigenvalue weighted by Crippen LogP contribution is -2.23. The lowest BCUT2D eigenvalue weighted by atomic mass is 9.86. The second-order valence-corrected chi connectivity index (χ2v) is 15.5. The minimum absolute atomic E-state index is 0.0396. The number of halogens is 5. The van der Waals surface area contributed by atoms with Crippen molar-refractivity contribution in [3.63, 3.8) is 0 Å². The molecule has 0 saturated carbocycles. The van der Waals surface area contributed by atoms with Crippen LogP contribution in [0.15, 0.2) is 53.0 Å². The van der Waals surface area contributed by atoms with E-state index < -0.39 is 5.82 Å². The van der Waals surface area contributed by atoms with E-state index in [-0.39, 0.29) is 41.5 Å². The van der Waals surface area contributed by atoms with Crippen molar-refractivity contribution in [3.8, 4) is 29.1 Å². The van der Waals surface area contributed by atoms with E-state index in [4.69, 9.17) is 24.2 Å². The van der Waals surface area contributed by atoms with Crippen molar-refractivity contribution in [2.24, 2.45) is 11.8 Å². The molecule has 0 saturated heterocycles. The second kappa shape index (κ2) is 16.0. The summed E-state index contributed by atoms with van der Waals surface area (Å²) in [4.78, 5) is 0. The van der Waals surface area contributed by atoms with Crippen LogP contribution in [0.25, 0.3) is 0 Å². The predicted octanol–water partition coefficient (Wildman–Crippen LogP) is 10.7. The maximum Gasteiger partial charge on any atom is 0.141 e. The highest BCUT2D eigenvalue weighted by Gasteiger charge is 2.30. The fourth-order valence-electron chi connectivity index (χ4n) is 8.04. The SMILES string of the molecule is CCCC1COc2cc(C3COc4cc(Br)c(F)cc4C3)c(F)cc2C1.CCCC1COc2cc(C3COc4cc(C#N)c(F)cc4C3)c(F)cc2C1. The van der Waals surface area contributed by atoms with Gasteiger partial charge in [-0.2, -0.15) is 5.26 Å². The first kappa shape index (κ1) is 37.1. The van der Waals surface area contributed by atoms with E-state index in [0.717, 1.165) is 66.7 Å². The molecule has 0 radical (unpaired) electrons. The Labute approximate surface area is 316 Å². The van der Waals surface area contributed by atoms with E-state index in [2.05, 4.69) is 29.8 Å². The van der Waals surface area contributed by atoms with Gasteiger partial charge in [-0.15, -0.1) is 0 Å². The van der Waals surface area contributed by atoms with Gasteiger partial charge in [0.25, 0.3) is 0 Å². The summed E-state index contributed by atoms with van der Waals surface area (Å²) in [5, 5.41) is 8.94. The van der Waals surface area contributed by atoms with Gasteiger partial charge in [0, 0.05) is 17.9 Å². The minimum atomic E-state index is -0.572. The summed E-state index contributed by atoms with van der Waals surface area (Å²) in [7, 11) is 0. The van der Waals surface area contributed by atoms with E-state index in [1.54, 1.807) is 24.3 Å². The number of hydrogen-bond donors (Lipinski definition) is 0. The van der Waals surface area contributed by atoms with Crippen molar-refractivity contribution in [3.05, 3.63) is 115 Å². The molecule has 4 heterocycles. The molecule has 4 atom stereocenters. The van der Waals surface area contributed by atoms with Crippen LogP contribution in [0.3, 0.4) is 0 Å². The summed E-state index contributed by atoms with van der Waals surface area (Å²) < 4.78 is 81.1. The molecule has 4 aromatic rings. The van der Waals surface area contributed by atoms with Gasteiger partial charge in [0.15, 0.2) is 0 Å². The number of benzene rings is 4. The largest absolute Gasteiger partial charge is 0.493 e. The smallest absolute Gasteiger partial charge is 0.141 e. The van der Waals surface area contributed by atoms with Crippen LogP contribution in [0, 0.1) is 46.4 Å². The van der Waals surface area contributed by atoms with Gasteiger partial charge in [0.1, 0.15) is 52.3 Å². The van der Waals surface area contributed by atoms with E-state index >= 15 is 0 Å². The molecule has 0 bridgehead atoms. The molecule has 0 spiro atoms. The van der Waals surface area contributed by atoms with Crippen molar-refractivity contribution >= 4 is 15.9 Å². The van der Waals surface area contributed by atoms with E-state index in [0.29, 0.717) is 77.2 Å². The Hall–Kier alpha value is -4.23. The zero-order valence-corrected chi connectivity index (χ0v) is 31.5. The Kier molecular flexibility index (Phi) is 11.2. The highest BCUT2D eigenvalue weighted by Crippen LogP contribution is 2.41. The third-order valence-corrected chi connectivity index (χ3v) is 11.4. The predicted molar refractivity (Wildman–Crippen MR) is 197 cm³/mol. The van der Waals surface area contributed by atoms with Crippen LogP contribution in [0.5, 0.6) is 23.0 Å². The number of nitriles is 1. The lowest BCUT2D eigenvalue weighted by molar-refractivity contribution is 0.211. The molecule has 4 aromatic carbocycles. The van der Waals surface area contributed by atoms with Crippen LogP contribution >= 0.6 is 15.9 Å². The molecule has 5 nitrogen and oxygen atoms in total. The first-order valence-electron chi connectivity index (χ1n) is 18.5. The van der Waals surface area contributed by atoms with Crippen LogP contribution in [0.2, 0.25) is 0 Å². The molecule has 0 aromatic heterocycles. The highest BCUT2D eigenvalue weighted by atomic mass is 79.9. The van der Waals surface area contributed by atoms with E-state index in [1.165, 1.54) is 18.2 Å². The molecule has 278 valence electrons. The zero-order valence-electron chi connectivity index (χ0n) is 29.9. The third-order valence-electron chi connectivity index (χ3n) is 10.8. The van der Waals surface area contributed by atoms with Crippen LogP contribution < -0.4 is 18.9 Å². The van der Waals surface area contributed by atoms with E-state index in [1.807, 2.05) is 12.1 Å². The maximum absolute atomic E-state index is 14.8. The average molecular weight is 793 g/mol. The average Bonchev–Trinajstić information content (AvgIpc) is 3.14. The molecule has 53 heavy (non-hydrogen) atoms. The van der Waals surface area contributed by atoms with Gasteiger partial charge in [-0.25, -0.2) is 17.6 Å². The fraction of sp³-hybridized carbons (Fsp3) is 0.419. The van der Waals surface area contributed by atoms with Crippen LogP contribution in [0.1, 0.15) is 90.3 Å². The Bertz CT molecular complexity index is 2050. The third kappa shape index (κ3) is 8.01. The Morgan fingerprint density at radius 3 is 1.47 bits per heavy atom. The van der Waals surface area contributed by atoms with Gasteiger partial charge >= 0.3 is 0 Å². The molecule has 8 rings (SSSR count). The van der Waals surface area contributed by atoms with Crippen LogP contribution in [-0.2, 0) is 25.7 Å². The molecule has 4 aliphatic rings. The summed E-state index contributed by atoms with van der Waals surface area (Å²) in [6, 6.07) is 14.5. The minimum Gasteiger partial charge on any atom is -0.493 e. The Balaban J connectivity index is 0.000000164. The van der Waals surface area contributed by atoms with E-state index in [9.17, 15) is 17.6 Å². The monoisotopic (exact) mass is 791 g/mol. The molecule has 0 amide bonds. The van der Waals surface area contributed by atoms with Gasteiger partial charge in [-0.1, -0.05) is 26.7 Å². The van der Waals surface area contributed by atoms with Crippen LogP contribution in [-0.4, -0.2) is 26.4 Å². The van der Waals surface area contributed by atoms with Gasteiger partial charge in [0.05, 0.1) is 36.5 Å².